The van der Waals surface area contributed by atoms with Crippen LogP contribution in [0.3, 0.4) is 0 Å². The first-order chi connectivity index (χ1) is 7.55. The molecule has 1 saturated carbocycles. The van der Waals surface area contributed by atoms with Crippen molar-refractivity contribution in [3.8, 4) is 6.07 Å². The van der Waals surface area contributed by atoms with E-state index >= 15 is 0 Å². The van der Waals surface area contributed by atoms with Crippen molar-refractivity contribution in [3.63, 3.8) is 0 Å². The Morgan fingerprint density at radius 2 is 2.00 bits per heavy atom. The van der Waals surface area contributed by atoms with Gasteiger partial charge in [-0.05, 0) is 31.2 Å². The lowest BCUT2D eigenvalue weighted by atomic mass is 10.0. The van der Waals surface area contributed by atoms with Crippen molar-refractivity contribution in [2.24, 2.45) is 5.41 Å². The molecule has 0 bridgehead atoms. The van der Waals surface area contributed by atoms with Crippen LogP contribution < -0.4 is 0 Å². The number of nitriles is 1. The topological polar surface area (TPSA) is 61.2 Å². The molecule has 2 rings (SSSR count). The Bertz CT molecular complexity index is 393. The van der Waals surface area contributed by atoms with Crippen molar-refractivity contribution < 1.29 is 8.42 Å². The second-order valence-corrected chi connectivity index (χ2v) is 7.42. The minimum Gasteiger partial charge on any atom is -0.302 e. The zero-order valence-electron chi connectivity index (χ0n) is 9.48. The standard InChI is InChI=1S/C11H18N2O2S/c12-5-4-11(2-3-11)10-13-6-1-8-16(14,15)9-7-13/h1-4,6-10H2. The van der Waals surface area contributed by atoms with Crippen LogP contribution in [0.5, 0.6) is 0 Å². The SMILES string of the molecule is N#CCC1(CN2CCCS(=O)(=O)CC2)CC1. The predicted molar refractivity (Wildman–Crippen MR) is 61.6 cm³/mol. The Hall–Kier alpha value is -0.600. The second-order valence-electron chi connectivity index (χ2n) is 5.12. The Kier molecular flexibility index (Phi) is 3.22. The number of hydrogen-bond donors (Lipinski definition) is 0. The maximum absolute atomic E-state index is 11.4. The molecule has 0 N–H and O–H groups in total. The summed E-state index contributed by atoms with van der Waals surface area (Å²) >= 11 is 0. The summed E-state index contributed by atoms with van der Waals surface area (Å²) in [6.07, 6.45) is 3.62. The average molecular weight is 242 g/mol. The highest BCUT2D eigenvalue weighted by Crippen LogP contribution is 2.49. The molecule has 1 aliphatic heterocycles. The van der Waals surface area contributed by atoms with Crippen molar-refractivity contribution in [1.82, 2.24) is 4.90 Å². The third kappa shape index (κ3) is 2.96. The smallest absolute Gasteiger partial charge is 0.151 e. The van der Waals surface area contributed by atoms with Crippen LogP contribution in [0.1, 0.15) is 25.7 Å². The quantitative estimate of drug-likeness (QED) is 0.734. The molecular weight excluding hydrogens is 224 g/mol. The normalized spacial score (nSPS) is 27.9. The van der Waals surface area contributed by atoms with E-state index in [1.54, 1.807) is 0 Å². The van der Waals surface area contributed by atoms with E-state index in [9.17, 15) is 8.42 Å². The summed E-state index contributed by atoms with van der Waals surface area (Å²) in [7, 11) is -2.81. The Labute approximate surface area is 97.2 Å². The maximum Gasteiger partial charge on any atom is 0.151 e. The van der Waals surface area contributed by atoms with Gasteiger partial charge in [0.25, 0.3) is 0 Å². The van der Waals surface area contributed by atoms with Gasteiger partial charge < -0.3 is 4.90 Å². The Morgan fingerprint density at radius 1 is 1.25 bits per heavy atom. The van der Waals surface area contributed by atoms with Gasteiger partial charge in [0.15, 0.2) is 9.84 Å². The van der Waals surface area contributed by atoms with Gasteiger partial charge >= 0.3 is 0 Å². The molecule has 16 heavy (non-hydrogen) atoms. The monoisotopic (exact) mass is 242 g/mol. The van der Waals surface area contributed by atoms with Gasteiger partial charge in [-0.25, -0.2) is 8.42 Å². The first-order valence-electron chi connectivity index (χ1n) is 5.85. The molecule has 2 aliphatic rings. The lowest BCUT2D eigenvalue weighted by Gasteiger charge is -2.24. The molecule has 4 nitrogen and oxygen atoms in total. The average Bonchev–Trinajstić information content (AvgIpc) is 2.96. The summed E-state index contributed by atoms with van der Waals surface area (Å²) in [6, 6.07) is 2.25. The zero-order chi connectivity index (χ0) is 11.6. The Morgan fingerprint density at radius 3 is 2.62 bits per heavy atom. The van der Waals surface area contributed by atoms with E-state index in [4.69, 9.17) is 5.26 Å². The fraction of sp³-hybridized carbons (Fsp3) is 0.909. The Balaban J connectivity index is 1.90. The van der Waals surface area contributed by atoms with E-state index in [1.807, 2.05) is 0 Å². The van der Waals surface area contributed by atoms with Crippen LogP contribution in [0.25, 0.3) is 0 Å². The molecule has 0 aromatic heterocycles. The summed E-state index contributed by atoms with van der Waals surface area (Å²) in [5, 5.41) is 8.75. The number of hydrogen-bond acceptors (Lipinski definition) is 4. The predicted octanol–water partition coefficient (Wildman–Crippen LogP) is 0.801. The minimum absolute atomic E-state index is 0.197. The van der Waals surface area contributed by atoms with E-state index in [1.165, 1.54) is 0 Å². The van der Waals surface area contributed by atoms with Crippen molar-refractivity contribution in [2.75, 3.05) is 31.1 Å². The fourth-order valence-corrected chi connectivity index (χ4v) is 3.67. The second kappa shape index (κ2) is 4.34. The van der Waals surface area contributed by atoms with E-state index in [-0.39, 0.29) is 11.2 Å². The van der Waals surface area contributed by atoms with Crippen molar-refractivity contribution >= 4 is 9.84 Å². The minimum atomic E-state index is -2.81. The van der Waals surface area contributed by atoms with Gasteiger partial charge in [0, 0.05) is 19.5 Å². The highest BCUT2D eigenvalue weighted by atomic mass is 32.2. The van der Waals surface area contributed by atoms with Crippen molar-refractivity contribution in [3.05, 3.63) is 0 Å². The molecule has 0 spiro atoms. The zero-order valence-corrected chi connectivity index (χ0v) is 10.3. The van der Waals surface area contributed by atoms with E-state index in [2.05, 4.69) is 11.0 Å². The summed E-state index contributed by atoms with van der Waals surface area (Å²) in [5.41, 5.74) is 0.197. The molecule has 2 fully saturated rings. The lowest BCUT2D eigenvalue weighted by molar-refractivity contribution is 0.236. The van der Waals surface area contributed by atoms with Crippen molar-refractivity contribution in [1.29, 1.82) is 5.26 Å². The third-order valence-electron chi connectivity index (χ3n) is 3.62. The summed E-state index contributed by atoms with van der Waals surface area (Å²) in [5.74, 6) is 0.615. The number of rotatable bonds is 3. The highest BCUT2D eigenvalue weighted by Gasteiger charge is 2.43. The molecule has 0 aromatic carbocycles. The first kappa shape index (κ1) is 11.9. The van der Waals surface area contributed by atoms with Gasteiger partial charge in [0.05, 0.1) is 17.6 Å². The van der Waals surface area contributed by atoms with Crippen LogP contribution in [0.15, 0.2) is 0 Å². The van der Waals surface area contributed by atoms with Crippen molar-refractivity contribution in [2.45, 2.75) is 25.7 Å². The van der Waals surface area contributed by atoms with Crippen LogP contribution in [0.2, 0.25) is 0 Å². The number of nitrogens with zero attached hydrogens (tertiary/aromatic N) is 2. The van der Waals surface area contributed by atoms with Gasteiger partial charge in [-0.1, -0.05) is 0 Å². The number of sulfone groups is 1. The lowest BCUT2D eigenvalue weighted by Crippen LogP contribution is -2.33. The van der Waals surface area contributed by atoms with E-state index in [0.29, 0.717) is 18.7 Å². The largest absolute Gasteiger partial charge is 0.302 e. The van der Waals surface area contributed by atoms with Crippen LogP contribution in [-0.4, -0.2) is 44.5 Å². The van der Waals surface area contributed by atoms with Crippen LogP contribution in [0.4, 0.5) is 0 Å². The van der Waals surface area contributed by atoms with E-state index < -0.39 is 9.84 Å². The van der Waals surface area contributed by atoms with Gasteiger partial charge in [0.2, 0.25) is 0 Å². The fourth-order valence-electron chi connectivity index (χ4n) is 2.36. The first-order valence-corrected chi connectivity index (χ1v) is 7.67. The molecule has 0 atom stereocenters. The van der Waals surface area contributed by atoms with Crippen LogP contribution in [0, 0.1) is 16.7 Å². The molecule has 0 amide bonds. The summed E-state index contributed by atoms with van der Waals surface area (Å²) < 4.78 is 22.9. The van der Waals surface area contributed by atoms with Crippen LogP contribution >= 0.6 is 0 Å². The molecular formula is C11H18N2O2S. The molecule has 0 aromatic rings. The molecule has 90 valence electrons. The van der Waals surface area contributed by atoms with E-state index in [0.717, 1.165) is 32.4 Å². The molecule has 0 unspecified atom stereocenters. The summed E-state index contributed by atoms with van der Waals surface area (Å²) in [6.45, 7) is 2.43. The molecule has 5 heteroatoms. The third-order valence-corrected chi connectivity index (χ3v) is 5.33. The summed E-state index contributed by atoms with van der Waals surface area (Å²) in [4.78, 5) is 2.23. The molecule has 1 heterocycles. The van der Waals surface area contributed by atoms with Gasteiger partial charge in [-0.15, -0.1) is 0 Å². The highest BCUT2D eigenvalue weighted by molar-refractivity contribution is 7.91. The maximum atomic E-state index is 11.4. The van der Waals surface area contributed by atoms with Crippen LogP contribution in [-0.2, 0) is 9.84 Å². The van der Waals surface area contributed by atoms with Gasteiger partial charge in [0.1, 0.15) is 0 Å². The molecule has 1 saturated heterocycles. The molecule has 0 radical (unpaired) electrons. The van der Waals surface area contributed by atoms with Gasteiger partial charge in [-0.3, -0.25) is 0 Å². The van der Waals surface area contributed by atoms with Gasteiger partial charge in [-0.2, -0.15) is 5.26 Å². The molecule has 1 aliphatic carbocycles.